The number of ether oxygens (including phenoxy) is 3. The summed E-state index contributed by atoms with van der Waals surface area (Å²) in [6, 6.07) is 21.7. The van der Waals surface area contributed by atoms with Crippen LogP contribution in [0.2, 0.25) is 10.0 Å². The van der Waals surface area contributed by atoms with Gasteiger partial charge >= 0.3 is 5.69 Å². The second-order valence-electron chi connectivity index (χ2n) is 11.4. The second-order valence-corrected chi connectivity index (χ2v) is 12.2. The van der Waals surface area contributed by atoms with Crippen molar-refractivity contribution in [3.05, 3.63) is 99.2 Å². The molecule has 46 heavy (non-hydrogen) atoms. The van der Waals surface area contributed by atoms with Gasteiger partial charge in [-0.15, -0.1) is 0 Å². The fourth-order valence-electron chi connectivity index (χ4n) is 5.68. The number of benzene rings is 3. The van der Waals surface area contributed by atoms with Crippen LogP contribution in [0, 0.1) is 0 Å². The Kier molecular flexibility index (Phi) is 11.0. The molecule has 6 rings (SSSR count). The van der Waals surface area contributed by atoms with E-state index in [0.717, 1.165) is 61.0 Å². The Balaban J connectivity index is 0.00000204. The minimum absolute atomic E-state index is 0.0725. The van der Waals surface area contributed by atoms with Gasteiger partial charge in [-0.05, 0) is 80.9 Å². The van der Waals surface area contributed by atoms with Crippen LogP contribution in [0.5, 0.6) is 5.75 Å². The summed E-state index contributed by atoms with van der Waals surface area (Å²) in [5, 5.41) is 5.37. The SMILES string of the molecule is CC.CCC(C)n1ncn(-c2ccc(N3CCN(c4ccc(OCC5COC(C)(c6ccc(Cl)cc6Cl)O5)cc4)CC3)cc2)c1=O. The van der Waals surface area contributed by atoms with Crippen LogP contribution in [-0.4, -0.2) is 59.8 Å². The maximum atomic E-state index is 12.8. The predicted molar refractivity (Wildman–Crippen MR) is 185 cm³/mol. The number of halogens is 2. The Labute approximate surface area is 281 Å². The molecule has 4 aromatic rings. The van der Waals surface area contributed by atoms with E-state index in [-0.39, 0.29) is 17.8 Å². The summed E-state index contributed by atoms with van der Waals surface area (Å²) in [5.74, 6) is -0.163. The van der Waals surface area contributed by atoms with Crippen molar-refractivity contribution in [1.29, 1.82) is 0 Å². The molecule has 2 aliphatic heterocycles. The van der Waals surface area contributed by atoms with Gasteiger partial charge in [-0.3, -0.25) is 0 Å². The summed E-state index contributed by atoms with van der Waals surface area (Å²) in [5.41, 5.74) is 3.76. The highest BCUT2D eigenvalue weighted by atomic mass is 35.5. The normalized spacial score (nSPS) is 20.3. The molecule has 2 saturated heterocycles. The molecule has 0 aliphatic carbocycles. The first-order valence-electron chi connectivity index (χ1n) is 16.0. The summed E-state index contributed by atoms with van der Waals surface area (Å²) in [4.78, 5) is 17.5. The van der Waals surface area contributed by atoms with Gasteiger partial charge in [0.15, 0.2) is 5.79 Å². The highest BCUT2D eigenvalue weighted by Crippen LogP contribution is 2.38. The molecule has 246 valence electrons. The number of nitrogens with zero attached hydrogens (tertiary/aromatic N) is 5. The topological polar surface area (TPSA) is 74.0 Å². The summed E-state index contributed by atoms with van der Waals surface area (Å²) >= 11 is 12.4. The molecule has 9 nitrogen and oxygen atoms in total. The fraction of sp³-hybridized carbons (Fsp3) is 0.429. The van der Waals surface area contributed by atoms with Gasteiger partial charge in [-0.2, -0.15) is 5.10 Å². The molecule has 3 heterocycles. The summed E-state index contributed by atoms with van der Waals surface area (Å²) in [6.07, 6.45) is 2.23. The lowest BCUT2D eigenvalue weighted by molar-refractivity contribution is -0.164. The largest absolute Gasteiger partial charge is 0.491 e. The number of anilines is 2. The van der Waals surface area contributed by atoms with Crippen molar-refractivity contribution in [3.63, 3.8) is 0 Å². The molecule has 3 aromatic carbocycles. The van der Waals surface area contributed by atoms with Gasteiger partial charge in [0.2, 0.25) is 0 Å². The van der Waals surface area contributed by atoms with Crippen LogP contribution in [0.25, 0.3) is 5.69 Å². The summed E-state index contributed by atoms with van der Waals surface area (Å²) in [7, 11) is 0. The van der Waals surface area contributed by atoms with Crippen LogP contribution in [0.15, 0.2) is 77.9 Å². The number of hydrogen-bond donors (Lipinski definition) is 0. The van der Waals surface area contributed by atoms with E-state index in [1.54, 1.807) is 27.7 Å². The fourth-order valence-corrected chi connectivity index (χ4v) is 6.26. The zero-order valence-electron chi connectivity index (χ0n) is 27.2. The van der Waals surface area contributed by atoms with E-state index >= 15 is 0 Å². The monoisotopic (exact) mass is 667 g/mol. The van der Waals surface area contributed by atoms with E-state index in [1.807, 2.05) is 65.0 Å². The van der Waals surface area contributed by atoms with Crippen molar-refractivity contribution >= 4 is 34.6 Å². The maximum absolute atomic E-state index is 12.8. The zero-order valence-corrected chi connectivity index (χ0v) is 28.7. The molecule has 0 saturated carbocycles. The number of hydrogen-bond acceptors (Lipinski definition) is 7. The lowest BCUT2D eigenvalue weighted by atomic mass is 10.1. The lowest BCUT2D eigenvalue weighted by Gasteiger charge is -2.37. The molecule has 1 aromatic heterocycles. The molecule has 3 atom stereocenters. The third kappa shape index (κ3) is 7.39. The first-order chi connectivity index (χ1) is 22.2. The smallest absolute Gasteiger partial charge is 0.350 e. The number of aromatic nitrogens is 3. The molecule has 11 heteroatoms. The zero-order chi connectivity index (χ0) is 32.8. The standard InChI is InChI=1S/C33H37Cl2N5O4.C2H6/c1-4-23(2)40-32(41)39(22-36-40)27-8-6-25(7-9-27)37-15-17-38(18-16-37)26-10-12-28(13-11-26)42-20-29-21-43-33(3,44-29)30-14-5-24(34)19-31(30)35;1-2/h5-14,19,22-23,29H,4,15-18,20-21H2,1-3H3;1-2H3. The van der Waals surface area contributed by atoms with E-state index in [9.17, 15) is 4.79 Å². The van der Waals surface area contributed by atoms with Gasteiger partial charge in [-0.25, -0.2) is 14.0 Å². The maximum Gasteiger partial charge on any atom is 0.350 e. The first-order valence-corrected chi connectivity index (χ1v) is 16.8. The highest BCUT2D eigenvalue weighted by molar-refractivity contribution is 6.35. The molecule has 2 fully saturated rings. The van der Waals surface area contributed by atoms with Crippen molar-refractivity contribution in [2.75, 3.05) is 49.2 Å². The van der Waals surface area contributed by atoms with Crippen LogP contribution >= 0.6 is 23.2 Å². The van der Waals surface area contributed by atoms with Gasteiger partial charge < -0.3 is 24.0 Å². The van der Waals surface area contributed by atoms with Crippen molar-refractivity contribution in [1.82, 2.24) is 14.3 Å². The van der Waals surface area contributed by atoms with Gasteiger partial charge in [-0.1, -0.05) is 50.0 Å². The van der Waals surface area contributed by atoms with Crippen LogP contribution in [0.3, 0.4) is 0 Å². The molecular weight excluding hydrogens is 625 g/mol. The van der Waals surface area contributed by atoms with Gasteiger partial charge in [0.1, 0.15) is 24.8 Å². The van der Waals surface area contributed by atoms with E-state index < -0.39 is 5.79 Å². The first kappa shape index (κ1) is 33.9. The third-order valence-corrected chi connectivity index (χ3v) is 9.02. The molecule has 0 bridgehead atoms. The number of rotatable bonds is 9. The van der Waals surface area contributed by atoms with Crippen molar-refractivity contribution < 1.29 is 14.2 Å². The average molecular weight is 669 g/mol. The quantitative estimate of drug-likeness (QED) is 0.185. The molecular formula is C35H43Cl2N5O4. The van der Waals surface area contributed by atoms with Crippen molar-refractivity contribution in [2.45, 2.75) is 59.0 Å². The minimum atomic E-state index is -0.944. The molecule has 0 amide bonds. The Bertz CT molecular complexity index is 1630. The van der Waals surface area contributed by atoms with E-state index in [4.69, 9.17) is 37.4 Å². The minimum Gasteiger partial charge on any atom is -0.491 e. The van der Waals surface area contributed by atoms with Crippen LogP contribution in [-0.2, 0) is 15.3 Å². The second kappa shape index (κ2) is 14.9. The average Bonchev–Trinajstić information content (AvgIpc) is 3.67. The van der Waals surface area contributed by atoms with Gasteiger partial charge in [0.25, 0.3) is 0 Å². The van der Waals surface area contributed by atoms with Crippen LogP contribution in [0.4, 0.5) is 11.4 Å². The Hall–Kier alpha value is -3.50. The summed E-state index contributed by atoms with van der Waals surface area (Å²) in [6.45, 7) is 14.3. The van der Waals surface area contributed by atoms with Gasteiger partial charge in [0.05, 0.1) is 23.4 Å². The van der Waals surface area contributed by atoms with E-state index in [0.29, 0.717) is 23.3 Å². The molecule has 0 spiro atoms. The van der Waals surface area contributed by atoms with Crippen molar-refractivity contribution in [2.24, 2.45) is 0 Å². The molecule has 2 aliphatic rings. The van der Waals surface area contributed by atoms with Gasteiger partial charge in [0, 0.05) is 48.1 Å². The summed E-state index contributed by atoms with van der Waals surface area (Å²) < 4.78 is 21.3. The Morgan fingerprint density at radius 3 is 2.11 bits per heavy atom. The molecule has 0 radical (unpaired) electrons. The van der Waals surface area contributed by atoms with E-state index in [2.05, 4.69) is 39.2 Å². The lowest BCUT2D eigenvalue weighted by Crippen LogP contribution is -2.46. The molecule has 0 N–H and O–H groups in total. The van der Waals surface area contributed by atoms with E-state index in [1.165, 1.54) is 0 Å². The molecule has 3 unspecified atom stereocenters. The number of piperazine rings is 1. The Morgan fingerprint density at radius 1 is 0.935 bits per heavy atom. The van der Waals surface area contributed by atoms with Crippen LogP contribution < -0.4 is 20.2 Å². The predicted octanol–water partition coefficient (Wildman–Crippen LogP) is 7.33. The highest BCUT2D eigenvalue weighted by Gasteiger charge is 2.40. The third-order valence-electron chi connectivity index (χ3n) is 8.47. The Morgan fingerprint density at radius 2 is 1.52 bits per heavy atom. The van der Waals surface area contributed by atoms with Crippen molar-refractivity contribution in [3.8, 4) is 11.4 Å². The van der Waals surface area contributed by atoms with Crippen LogP contribution in [0.1, 0.15) is 52.6 Å².